The number of aliphatic hydroxyl groups excluding tert-OH is 1. The van der Waals surface area contributed by atoms with Crippen LogP contribution in [-0.2, 0) is 11.3 Å². The van der Waals surface area contributed by atoms with Gasteiger partial charge in [-0.1, -0.05) is 12.1 Å². The zero-order chi connectivity index (χ0) is 10.4. The maximum absolute atomic E-state index is 10.9. The lowest BCUT2D eigenvalue weighted by atomic mass is 10.2. The van der Waals surface area contributed by atoms with Gasteiger partial charge in [0.25, 0.3) is 0 Å². The molecule has 4 nitrogen and oxygen atoms in total. The van der Waals surface area contributed by atoms with E-state index in [1.807, 2.05) is 0 Å². The summed E-state index contributed by atoms with van der Waals surface area (Å²) < 4.78 is 9.40. The third-order valence-corrected chi connectivity index (χ3v) is 1.57. The number of hydrogen-bond acceptors (Lipinski definition) is 4. The summed E-state index contributed by atoms with van der Waals surface area (Å²) in [4.78, 5) is 10.9. The van der Waals surface area contributed by atoms with Crippen LogP contribution in [0.4, 0.5) is 4.79 Å². The van der Waals surface area contributed by atoms with Gasteiger partial charge in [0.05, 0.1) is 13.2 Å². The maximum Gasteiger partial charge on any atom is 0.513 e. The summed E-state index contributed by atoms with van der Waals surface area (Å²) in [5.74, 6) is 0.403. The van der Waals surface area contributed by atoms with E-state index in [0.717, 1.165) is 5.56 Å². The lowest BCUT2D eigenvalue weighted by Crippen LogP contribution is -2.09. The molecule has 0 aliphatic rings. The van der Waals surface area contributed by atoms with Gasteiger partial charge in [-0.25, -0.2) is 4.79 Å². The van der Waals surface area contributed by atoms with Crippen molar-refractivity contribution >= 4 is 6.16 Å². The number of carbonyl (C=O) groups is 1. The molecule has 0 atom stereocenters. The molecule has 1 rings (SSSR count). The van der Waals surface area contributed by atoms with E-state index in [4.69, 9.17) is 9.84 Å². The number of carbonyl (C=O) groups excluding carboxylic acids is 1. The maximum atomic E-state index is 10.9. The Morgan fingerprint density at radius 1 is 1.36 bits per heavy atom. The molecule has 0 amide bonds. The van der Waals surface area contributed by atoms with Crippen LogP contribution in [-0.4, -0.2) is 17.9 Å². The SMILES string of the molecule is CCOC(=O)Oc1ccc(CO)cc1. The van der Waals surface area contributed by atoms with Gasteiger partial charge in [0, 0.05) is 0 Å². The molecular formula is C10H12O4. The molecule has 1 N–H and O–H groups in total. The molecule has 0 aliphatic heterocycles. The highest BCUT2D eigenvalue weighted by Gasteiger charge is 2.03. The Kier molecular flexibility index (Phi) is 3.94. The Balaban J connectivity index is 2.55. The first-order valence-electron chi connectivity index (χ1n) is 4.30. The van der Waals surface area contributed by atoms with E-state index < -0.39 is 6.16 Å². The lowest BCUT2D eigenvalue weighted by Gasteiger charge is -2.03. The van der Waals surface area contributed by atoms with Crippen LogP contribution < -0.4 is 4.74 Å². The lowest BCUT2D eigenvalue weighted by molar-refractivity contribution is 0.104. The second kappa shape index (κ2) is 5.24. The fraction of sp³-hybridized carbons (Fsp3) is 0.300. The minimum Gasteiger partial charge on any atom is -0.434 e. The van der Waals surface area contributed by atoms with E-state index in [1.54, 1.807) is 31.2 Å². The summed E-state index contributed by atoms with van der Waals surface area (Å²) >= 11 is 0. The standard InChI is InChI=1S/C10H12O4/c1-2-13-10(12)14-9-5-3-8(7-11)4-6-9/h3-6,11H,2,7H2,1H3. The third-order valence-electron chi connectivity index (χ3n) is 1.57. The average molecular weight is 196 g/mol. The molecule has 0 aromatic heterocycles. The van der Waals surface area contributed by atoms with Gasteiger partial charge in [0.2, 0.25) is 0 Å². The Bertz CT molecular complexity index is 291. The van der Waals surface area contributed by atoms with Gasteiger partial charge in [-0.2, -0.15) is 0 Å². The zero-order valence-electron chi connectivity index (χ0n) is 7.90. The van der Waals surface area contributed by atoms with Crippen LogP contribution in [0.25, 0.3) is 0 Å². The molecule has 0 radical (unpaired) electrons. The van der Waals surface area contributed by atoms with Gasteiger partial charge in [-0.3, -0.25) is 0 Å². The molecule has 0 aliphatic carbocycles. The molecule has 0 fully saturated rings. The van der Waals surface area contributed by atoms with E-state index in [1.165, 1.54) is 0 Å². The van der Waals surface area contributed by atoms with Crippen LogP contribution in [0.15, 0.2) is 24.3 Å². The van der Waals surface area contributed by atoms with Gasteiger partial charge in [0.15, 0.2) is 0 Å². The monoisotopic (exact) mass is 196 g/mol. The quantitative estimate of drug-likeness (QED) is 0.590. The van der Waals surface area contributed by atoms with Gasteiger partial charge in [0.1, 0.15) is 5.75 Å². The summed E-state index contributed by atoms with van der Waals surface area (Å²) in [6.07, 6.45) is -0.718. The van der Waals surface area contributed by atoms with Gasteiger partial charge in [-0.05, 0) is 24.6 Å². The van der Waals surface area contributed by atoms with Crippen molar-refractivity contribution in [3.63, 3.8) is 0 Å². The van der Waals surface area contributed by atoms with Crippen molar-refractivity contribution < 1.29 is 19.4 Å². The second-order valence-corrected chi connectivity index (χ2v) is 2.59. The summed E-state index contributed by atoms with van der Waals surface area (Å²) in [6.45, 7) is 1.96. The Morgan fingerprint density at radius 2 is 2.00 bits per heavy atom. The first kappa shape index (κ1) is 10.5. The van der Waals surface area contributed by atoms with Crippen molar-refractivity contribution in [1.29, 1.82) is 0 Å². The molecule has 4 heteroatoms. The van der Waals surface area contributed by atoms with Gasteiger partial charge < -0.3 is 14.6 Å². The fourth-order valence-corrected chi connectivity index (χ4v) is 0.906. The Labute approximate surface area is 82.1 Å². The molecule has 0 saturated carbocycles. The molecule has 0 spiro atoms. The minimum absolute atomic E-state index is 0.0281. The summed E-state index contributed by atoms with van der Waals surface area (Å²) in [5, 5.41) is 8.76. The van der Waals surface area contributed by atoms with Crippen molar-refractivity contribution in [3.05, 3.63) is 29.8 Å². The molecule has 1 aromatic carbocycles. The number of hydrogen-bond donors (Lipinski definition) is 1. The predicted molar refractivity (Wildman–Crippen MR) is 50.0 cm³/mol. The largest absolute Gasteiger partial charge is 0.513 e. The van der Waals surface area contributed by atoms with Crippen LogP contribution in [0, 0.1) is 0 Å². The van der Waals surface area contributed by atoms with Crippen molar-refractivity contribution in [2.45, 2.75) is 13.5 Å². The average Bonchev–Trinajstić information content (AvgIpc) is 2.19. The Morgan fingerprint density at radius 3 is 2.50 bits per heavy atom. The third kappa shape index (κ3) is 3.06. The van der Waals surface area contributed by atoms with Crippen molar-refractivity contribution in [2.75, 3.05) is 6.61 Å². The molecule has 0 unspecified atom stereocenters. The minimum atomic E-state index is -0.718. The molecule has 1 aromatic rings. The molecule has 14 heavy (non-hydrogen) atoms. The summed E-state index contributed by atoms with van der Waals surface area (Å²) in [5.41, 5.74) is 0.765. The van der Waals surface area contributed by atoms with Crippen LogP contribution in [0.1, 0.15) is 12.5 Å². The van der Waals surface area contributed by atoms with Crippen LogP contribution in [0.2, 0.25) is 0 Å². The molecule has 0 bridgehead atoms. The number of rotatable bonds is 3. The highest BCUT2D eigenvalue weighted by molar-refractivity contribution is 5.63. The topological polar surface area (TPSA) is 55.8 Å². The molecule has 0 saturated heterocycles. The fourth-order valence-electron chi connectivity index (χ4n) is 0.906. The van der Waals surface area contributed by atoms with Crippen molar-refractivity contribution in [2.24, 2.45) is 0 Å². The first-order valence-corrected chi connectivity index (χ1v) is 4.30. The summed E-state index contributed by atoms with van der Waals surface area (Å²) in [7, 11) is 0. The van der Waals surface area contributed by atoms with Crippen molar-refractivity contribution in [1.82, 2.24) is 0 Å². The summed E-state index contributed by atoms with van der Waals surface area (Å²) in [6, 6.07) is 6.55. The van der Waals surface area contributed by atoms with E-state index in [2.05, 4.69) is 4.74 Å². The Hall–Kier alpha value is -1.55. The number of ether oxygens (including phenoxy) is 2. The van der Waals surface area contributed by atoms with Crippen LogP contribution >= 0.6 is 0 Å². The molecular weight excluding hydrogens is 184 g/mol. The van der Waals surface area contributed by atoms with Gasteiger partial charge in [-0.15, -0.1) is 0 Å². The van der Waals surface area contributed by atoms with Gasteiger partial charge >= 0.3 is 6.16 Å². The first-order chi connectivity index (χ1) is 6.76. The smallest absolute Gasteiger partial charge is 0.434 e. The highest BCUT2D eigenvalue weighted by Crippen LogP contribution is 2.12. The van der Waals surface area contributed by atoms with Crippen LogP contribution in [0.5, 0.6) is 5.75 Å². The van der Waals surface area contributed by atoms with E-state index in [0.29, 0.717) is 5.75 Å². The number of aliphatic hydroxyl groups is 1. The second-order valence-electron chi connectivity index (χ2n) is 2.59. The highest BCUT2D eigenvalue weighted by atomic mass is 16.7. The normalized spacial score (nSPS) is 9.57. The predicted octanol–water partition coefficient (Wildman–Crippen LogP) is 1.71. The van der Waals surface area contributed by atoms with E-state index in [9.17, 15) is 4.79 Å². The number of benzene rings is 1. The van der Waals surface area contributed by atoms with Crippen LogP contribution in [0.3, 0.4) is 0 Å². The molecule has 76 valence electrons. The van der Waals surface area contributed by atoms with E-state index in [-0.39, 0.29) is 13.2 Å². The molecule has 0 heterocycles. The zero-order valence-corrected chi connectivity index (χ0v) is 7.90. The van der Waals surface area contributed by atoms with E-state index >= 15 is 0 Å². The van der Waals surface area contributed by atoms with Crippen molar-refractivity contribution in [3.8, 4) is 5.75 Å².